The van der Waals surface area contributed by atoms with Gasteiger partial charge in [0, 0.05) is 0 Å². The zero-order chi connectivity index (χ0) is 12.3. The zero-order valence-electron chi connectivity index (χ0n) is 9.10. The molecule has 2 N–H and O–H groups in total. The Labute approximate surface area is 98.5 Å². The van der Waals surface area contributed by atoms with Gasteiger partial charge in [-0.3, -0.25) is 9.59 Å². The van der Waals surface area contributed by atoms with E-state index in [2.05, 4.69) is 17.2 Å². The highest BCUT2D eigenvalue weighted by Gasteiger charge is 2.25. The summed E-state index contributed by atoms with van der Waals surface area (Å²) in [5.74, 6) is -0.110. The zero-order valence-corrected chi connectivity index (χ0v) is 9.10. The van der Waals surface area contributed by atoms with Crippen molar-refractivity contribution >= 4 is 17.5 Å². The molecule has 5 heteroatoms. The Kier molecular flexibility index (Phi) is 3.09. The number of nitrogens with one attached hydrogen (secondary N) is 2. The number of hydrogen-bond acceptors (Lipinski definition) is 3. The summed E-state index contributed by atoms with van der Waals surface area (Å²) in [6.45, 7) is 3.43. The molecule has 0 aromatic heterocycles. The van der Waals surface area contributed by atoms with Crippen LogP contribution in [0.1, 0.15) is 0 Å². The van der Waals surface area contributed by atoms with Crippen LogP contribution in [0.15, 0.2) is 36.9 Å². The Morgan fingerprint density at radius 2 is 2.29 bits per heavy atom. The van der Waals surface area contributed by atoms with Gasteiger partial charge in [-0.05, 0) is 18.2 Å². The second-order valence-electron chi connectivity index (χ2n) is 3.56. The van der Waals surface area contributed by atoms with E-state index in [1.165, 1.54) is 0 Å². The Morgan fingerprint density at radius 3 is 3.06 bits per heavy atom. The van der Waals surface area contributed by atoms with Gasteiger partial charge in [0.05, 0.1) is 5.69 Å². The summed E-state index contributed by atoms with van der Waals surface area (Å²) in [5, 5.41) is 5.19. The number of rotatable bonds is 2. The normalized spacial score (nSPS) is 18.1. The number of fused-ring (bicyclic) bond motifs is 1. The van der Waals surface area contributed by atoms with E-state index in [0.717, 1.165) is 6.08 Å². The van der Waals surface area contributed by atoms with Crippen LogP contribution in [0.3, 0.4) is 0 Å². The lowest BCUT2D eigenvalue weighted by atomic mass is 10.2. The lowest BCUT2D eigenvalue weighted by Gasteiger charge is -2.12. The number of amides is 2. The highest BCUT2D eigenvalue weighted by Crippen LogP contribution is 2.25. The highest BCUT2D eigenvalue weighted by molar-refractivity contribution is 6.00. The molecule has 1 atom stereocenters. The average Bonchev–Trinajstić information content (AvgIpc) is 2.49. The first-order valence-corrected chi connectivity index (χ1v) is 5.16. The molecular formula is C12H12N2O3. The SMILES string of the molecule is C=CC(=O)NC1COc2ccccc2NC1=O. The highest BCUT2D eigenvalue weighted by atomic mass is 16.5. The summed E-state index contributed by atoms with van der Waals surface area (Å²) in [6, 6.07) is 6.39. The molecule has 1 heterocycles. The molecule has 1 aromatic rings. The summed E-state index contributed by atoms with van der Waals surface area (Å²) in [7, 11) is 0. The minimum absolute atomic E-state index is 0.0996. The molecule has 1 aliphatic rings. The Hall–Kier alpha value is -2.30. The minimum Gasteiger partial charge on any atom is -0.489 e. The first-order chi connectivity index (χ1) is 8.20. The van der Waals surface area contributed by atoms with Crippen molar-refractivity contribution in [3.63, 3.8) is 0 Å². The molecule has 2 rings (SSSR count). The van der Waals surface area contributed by atoms with Crippen LogP contribution in [0.5, 0.6) is 5.75 Å². The third-order valence-corrected chi connectivity index (χ3v) is 2.37. The smallest absolute Gasteiger partial charge is 0.250 e. The van der Waals surface area contributed by atoms with Crippen molar-refractivity contribution in [3.8, 4) is 5.75 Å². The fourth-order valence-corrected chi connectivity index (χ4v) is 1.50. The molecule has 88 valence electrons. The number of ether oxygens (including phenoxy) is 1. The Bertz CT molecular complexity index is 471. The number of para-hydroxylation sites is 2. The van der Waals surface area contributed by atoms with Crippen LogP contribution in [0, 0.1) is 0 Å². The summed E-state index contributed by atoms with van der Waals surface area (Å²) in [4.78, 5) is 22.9. The van der Waals surface area contributed by atoms with E-state index in [9.17, 15) is 9.59 Å². The second kappa shape index (κ2) is 4.69. The van der Waals surface area contributed by atoms with Crippen LogP contribution in [0.2, 0.25) is 0 Å². The topological polar surface area (TPSA) is 67.4 Å². The van der Waals surface area contributed by atoms with E-state index in [0.29, 0.717) is 11.4 Å². The first kappa shape index (κ1) is 11.2. The Morgan fingerprint density at radius 1 is 1.53 bits per heavy atom. The number of hydrogen-bond donors (Lipinski definition) is 2. The summed E-state index contributed by atoms with van der Waals surface area (Å²) < 4.78 is 5.44. The fourth-order valence-electron chi connectivity index (χ4n) is 1.50. The van der Waals surface area contributed by atoms with Crippen LogP contribution in [0.4, 0.5) is 5.69 Å². The third-order valence-electron chi connectivity index (χ3n) is 2.37. The monoisotopic (exact) mass is 232 g/mol. The molecule has 1 aliphatic heterocycles. The van der Waals surface area contributed by atoms with Crippen LogP contribution >= 0.6 is 0 Å². The van der Waals surface area contributed by atoms with E-state index in [1.807, 2.05) is 6.07 Å². The van der Waals surface area contributed by atoms with Crippen LogP contribution in [0.25, 0.3) is 0 Å². The van der Waals surface area contributed by atoms with Crippen molar-refractivity contribution in [2.24, 2.45) is 0 Å². The van der Waals surface area contributed by atoms with Gasteiger partial charge in [-0.1, -0.05) is 18.7 Å². The number of carbonyl (C=O) groups is 2. The van der Waals surface area contributed by atoms with Gasteiger partial charge in [0.1, 0.15) is 18.4 Å². The average molecular weight is 232 g/mol. The number of benzene rings is 1. The van der Waals surface area contributed by atoms with Gasteiger partial charge < -0.3 is 15.4 Å². The van der Waals surface area contributed by atoms with Crippen LogP contribution in [-0.4, -0.2) is 24.5 Å². The molecule has 0 fully saturated rings. The maximum Gasteiger partial charge on any atom is 0.250 e. The number of carbonyl (C=O) groups excluding carboxylic acids is 2. The van der Waals surface area contributed by atoms with E-state index < -0.39 is 11.9 Å². The summed E-state index contributed by atoms with van der Waals surface area (Å²) >= 11 is 0. The molecule has 2 amide bonds. The van der Waals surface area contributed by atoms with E-state index >= 15 is 0 Å². The molecule has 0 radical (unpaired) electrons. The summed E-state index contributed by atoms with van der Waals surface area (Å²) in [6.07, 6.45) is 1.12. The maximum absolute atomic E-state index is 11.8. The lowest BCUT2D eigenvalue weighted by Crippen LogP contribution is -2.45. The van der Waals surface area contributed by atoms with Gasteiger partial charge in [0.25, 0.3) is 5.91 Å². The van der Waals surface area contributed by atoms with E-state index in [-0.39, 0.29) is 12.5 Å². The molecule has 5 nitrogen and oxygen atoms in total. The first-order valence-electron chi connectivity index (χ1n) is 5.16. The molecule has 1 aromatic carbocycles. The van der Waals surface area contributed by atoms with Gasteiger partial charge in [-0.25, -0.2) is 0 Å². The fraction of sp³-hybridized carbons (Fsp3) is 0.167. The summed E-state index contributed by atoms with van der Waals surface area (Å²) in [5.41, 5.74) is 0.604. The van der Waals surface area contributed by atoms with Gasteiger partial charge in [-0.15, -0.1) is 0 Å². The van der Waals surface area contributed by atoms with Crippen molar-refractivity contribution in [2.45, 2.75) is 6.04 Å². The van der Waals surface area contributed by atoms with E-state index in [1.54, 1.807) is 18.2 Å². The number of anilines is 1. The molecule has 0 aliphatic carbocycles. The van der Waals surface area contributed by atoms with Crippen molar-refractivity contribution in [1.29, 1.82) is 0 Å². The lowest BCUT2D eigenvalue weighted by molar-refractivity contribution is -0.124. The van der Waals surface area contributed by atoms with Gasteiger partial charge >= 0.3 is 0 Å². The molecule has 1 unspecified atom stereocenters. The predicted molar refractivity (Wildman–Crippen MR) is 62.7 cm³/mol. The minimum atomic E-state index is -0.715. The van der Waals surface area contributed by atoms with E-state index in [4.69, 9.17) is 4.74 Å². The Balaban J connectivity index is 2.15. The maximum atomic E-state index is 11.8. The predicted octanol–water partition coefficient (Wildman–Crippen LogP) is 0.688. The molecule has 17 heavy (non-hydrogen) atoms. The molecule has 0 bridgehead atoms. The molecular weight excluding hydrogens is 220 g/mol. The van der Waals surface area contributed by atoms with Crippen molar-refractivity contribution in [1.82, 2.24) is 5.32 Å². The standard InChI is InChI=1S/C12H12N2O3/c1-2-11(15)13-9-7-17-10-6-4-3-5-8(10)14-12(9)16/h2-6,9H,1,7H2,(H,13,15)(H,14,16). The quantitative estimate of drug-likeness (QED) is 0.737. The van der Waals surface area contributed by atoms with Gasteiger partial charge in [-0.2, -0.15) is 0 Å². The third kappa shape index (κ3) is 2.44. The van der Waals surface area contributed by atoms with Crippen molar-refractivity contribution in [2.75, 3.05) is 11.9 Å². The van der Waals surface area contributed by atoms with Gasteiger partial charge in [0.15, 0.2) is 0 Å². The largest absolute Gasteiger partial charge is 0.489 e. The van der Waals surface area contributed by atoms with Crippen LogP contribution < -0.4 is 15.4 Å². The van der Waals surface area contributed by atoms with Crippen LogP contribution in [-0.2, 0) is 9.59 Å². The second-order valence-corrected chi connectivity index (χ2v) is 3.56. The molecule has 0 spiro atoms. The van der Waals surface area contributed by atoms with Crippen molar-refractivity contribution in [3.05, 3.63) is 36.9 Å². The van der Waals surface area contributed by atoms with Crippen molar-refractivity contribution < 1.29 is 14.3 Å². The van der Waals surface area contributed by atoms with Gasteiger partial charge in [0.2, 0.25) is 5.91 Å². The molecule has 0 saturated heterocycles. The molecule has 0 saturated carbocycles.